The van der Waals surface area contributed by atoms with Gasteiger partial charge in [0.2, 0.25) is 0 Å². The van der Waals surface area contributed by atoms with Crippen LogP contribution in [0.2, 0.25) is 0 Å². The van der Waals surface area contributed by atoms with Crippen molar-refractivity contribution in [1.82, 2.24) is 5.32 Å². The molecule has 1 aromatic carbocycles. The summed E-state index contributed by atoms with van der Waals surface area (Å²) in [4.78, 5) is 0. The third-order valence-corrected chi connectivity index (χ3v) is 3.36. The van der Waals surface area contributed by atoms with Gasteiger partial charge in [-0.05, 0) is 30.5 Å². The largest absolute Gasteiger partial charge is 0.488 e. The van der Waals surface area contributed by atoms with E-state index in [9.17, 15) is 13.9 Å². The maximum atomic E-state index is 12.0. The molecule has 2 N–H and O–H groups in total. The monoisotopic (exact) mass is 287 g/mol. The highest BCUT2D eigenvalue weighted by atomic mass is 19.3. The number of nitrogens with one attached hydrogen (secondary N) is 1. The molecule has 0 saturated heterocycles. The van der Waals surface area contributed by atoms with Crippen LogP contribution in [-0.4, -0.2) is 30.3 Å². The Morgan fingerprint density at radius 1 is 1.25 bits per heavy atom. The molecule has 0 fully saturated rings. The van der Waals surface area contributed by atoms with Crippen molar-refractivity contribution in [3.8, 4) is 5.75 Å². The average molecular weight is 287 g/mol. The Kier molecular flexibility index (Phi) is 6.36. The van der Waals surface area contributed by atoms with Crippen LogP contribution < -0.4 is 10.1 Å². The van der Waals surface area contributed by atoms with Gasteiger partial charge in [-0.1, -0.05) is 26.0 Å². The lowest BCUT2D eigenvalue weighted by molar-refractivity contribution is 0.0140. The molecule has 3 nitrogen and oxygen atoms in total. The first-order chi connectivity index (χ1) is 9.31. The van der Waals surface area contributed by atoms with Gasteiger partial charge in [-0.25, -0.2) is 8.78 Å². The smallest absolute Gasteiger partial charge is 0.272 e. The van der Waals surface area contributed by atoms with Crippen molar-refractivity contribution in [1.29, 1.82) is 0 Å². The van der Waals surface area contributed by atoms with E-state index in [4.69, 9.17) is 4.74 Å². The molecule has 0 bridgehead atoms. The number of rotatable bonds is 8. The molecule has 5 heteroatoms. The van der Waals surface area contributed by atoms with Gasteiger partial charge in [0.1, 0.15) is 12.4 Å². The summed E-state index contributed by atoms with van der Waals surface area (Å²) >= 11 is 0. The van der Waals surface area contributed by atoms with Crippen LogP contribution in [0.25, 0.3) is 0 Å². The normalized spacial score (nSPS) is 14.6. The minimum Gasteiger partial charge on any atom is -0.488 e. The molecule has 0 radical (unpaired) electrons. The van der Waals surface area contributed by atoms with Crippen molar-refractivity contribution >= 4 is 0 Å². The number of hydrogen-bond donors (Lipinski definition) is 2. The second-order valence-corrected chi connectivity index (χ2v) is 5.46. The summed E-state index contributed by atoms with van der Waals surface area (Å²) in [6.45, 7) is 6.25. The van der Waals surface area contributed by atoms with Crippen LogP contribution in [0.1, 0.15) is 26.3 Å². The molecule has 20 heavy (non-hydrogen) atoms. The molecule has 1 atom stereocenters. The van der Waals surface area contributed by atoms with Crippen LogP contribution in [-0.2, 0) is 6.54 Å². The molecule has 1 aromatic rings. The third-order valence-electron chi connectivity index (χ3n) is 3.36. The Labute approximate surface area is 119 Å². The van der Waals surface area contributed by atoms with Gasteiger partial charge in [0.25, 0.3) is 6.43 Å². The topological polar surface area (TPSA) is 41.5 Å². The maximum Gasteiger partial charge on any atom is 0.272 e. The average Bonchev–Trinajstić information content (AvgIpc) is 2.37. The van der Waals surface area contributed by atoms with E-state index in [1.54, 1.807) is 19.1 Å². The van der Waals surface area contributed by atoms with Crippen LogP contribution in [0, 0.1) is 5.92 Å². The second kappa shape index (κ2) is 7.55. The van der Waals surface area contributed by atoms with E-state index < -0.39 is 18.6 Å². The van der Waals surface area contributed by atoms with E-state index in [0.29, 0.717) is 18.8 Å². The first-order valence-electron chi connectivity index (χ1n) is 6.74. The van der Waals surface area contributed by atoms with Crippen LogP contribution >= 0.6 is 0 Å². The van der Waals surface area contributed by atoms with E-state index >= 15 is 0 Å². The predicted molar refractivity (Wildman–Crippen MR) is 75.1 cm³/mol. The quantitative estimate of drug-likeness (QED) is 0.772. The summed E-state index contributed by atoms with van der Waals surface area (Å²) in [7, 11) is 0. The standard InChI is InChI=1S/C15H23F2NO2/c1-11(2)15(3,19)10-18-8-12-4-6-13(7-5-12)20-9-14(16)17/h4-7,11,14,18-19H,8-10H2,1-3H3. The minimum atomic E-state index is -2.46. The van der Waals surface area contributed by atoms with E-state index in [1.165, 1.54) is 0 Å². The summed E-state index contributed by atoms with van der Waals surface area (Å²) in [5.74, 6) is 0.600. The van der Waals surface area contributed by atoms with Gasteiger partial charge in [-0.15, -0.1) is 0 Å². The lowest BCUT2D eigenvalue weighted by Crippen LogP contribution is -2.41. The van der Waals surface area contributed by atoms with Gasteiger partial charge in [0.05, 0.1) is 5.60 Å². The van der Waals surface area contributed by atoms with Crippen LogP contribution in [0.3, 0.4) is 0 Å². The number of alkyl halides is 2. The highest BCUT2D eigenvalue weighted by Crippen LogP contribution is 2.16. The molecule has 1 rings (SSSR count). The van der Waals surface area contributed by atoms with E-state index in [0.717, 1.165) is 5.56 Å². The van der Waals surface area contributed by atoms with Gasteiger partial charge in [-0.2, -0.15) is 0 Å². The van der Waals surface area contributed by atoms with Crippen LogP contribution in [0.15, 0.2) is 24.3 Å². The summed E-state index contributed by atoms with van der Waals surface area (Å²) in [6.07, 6.45) is -2.46. The van der Waals surface area contributed by atoms with E-state index in [1.807, 2.05) is 26.0 Å². The summed E-state index contributed by atoms with van der Waals surface area (Å²) < 4.78 is 28.9. The summed E-state index contributed by atoms with van der Waals surface area (Å²) in [5.41, 5.74) is 0.259. The van der Waals surface area contributed by atoms with Gasteiger partial charge >= 0.3 is 0 Å². The Hall–Kier alpha value is -1.20. The Morgan fingerprint density at radius 2 is 1.85 bits per heavy atom. The molecular weight excluding hydrogens is 264 g/mol. The SMILES string of the molecule is CC(C)C(C)(O)CNCc1ccc(OCC(F)F)cc1. The Bertz CT molecular complexity index is 391. The molecule has 0 heterocycles. The second-order valence-electron chi connectivity index (χ2n) is 5.46. The zero-order valence-electron chi connectivity index (χ0n) is 12.2. The fraction of sp³-hybridized carbons (Fsp3) is 0.600. The van der Waals surface area contributed by atoms with Gasteiger partial charge in [-0.3, -0.25) is 0 Å². The summed E-state index contributed by atoms with van der Waals surface area (Å²) in [6, 6.07) is 6.97. The molecule has 0 amide bonds. The van der Waals surface area contributed by atoms with Gasteiger partial charge in [0, 0.05) is 13.1 Å². The van der Waals surface area contributed by atoms with E-state index in [-0.39, 0.29) is 5.92 Å². The van der Waals surface area contributed by atoms with Gasteiger partial charge < -0.3 is 15.2 Å². The fourth-order valence-corrected chi connectivity index (χ4v) is 1.53. The number of hydrogen-bond acceptors (Lipinski definition) is 3. The molecule has 0 saturated carbocycles. The third kappa shape index (κ3) is 5.84. The summed E-state index contributed by atoms with van der Waals surface area (Å²) in [5, 5.41) is 13.3. The number of ether oxygens (including phenoxy) is 1. The number of aliphatic hydroxyl groups is 1. The van der Waals surface area contributed by atoms with Crippen LogP contribution in [0.4, 0.5) is 8.78 Å². The first kappa shape index (κ1) is 16.9. The van der Waals surface area contributed by atoms with Gasteiger partial charge in [0.15, 0.2) is 0 Å². The molecule has 0 spiro atoms. The Balaban J connectivity index is 2.38. The molecule has 0 aliphatic rings. The van der Waals surface area contributed by atoms with Crippen molar-refractivity contribution in [2.75, 3.05) is 13.2 Å². The molecular formula is C15H23F2NO2. The lowest BCUT2D eigenvalue weighted by Gasteiger charge is -2.28. The highest BCUT2D eigenvalue weighted by molar-refractivity contribution is 5.27. The van der Waals surface area contributed by atoms with Crippen molar-refractivity contribution in [3.05, 3.63) is 29.8 Å². The highest BCUT2D eigenvalue weighted by Gasteiger charge is 2.23. The maximum absolute atomic E-state index is 12.0. The Morgan fingerprint density at radius 3 is 2.35 bits per heavy atom. The van der Waals surface area contributed by atoms with Crippen molar-refractivity contribution in [2.45, 2.75) is 39.3 Å². The fourth-order valence-electron chi connectivity index (χ4n) is 1.53. The number of benzene rings is 1. The lowest BCUT2D eigenvalue weighted by atomic mass is 9.92. The number of halogens is 2. The van der Waals surface area contributed by atoms with Crippen molar-refractivity contribution in [2.24, 2.45) is 5.92 Å². The van der Waals surface area contributed by atoms with Crippen LogP contribution in [0.5, 0.6) is 5.75 Å². The van der Waals surface area contributed by atoms with Crippen molar-refractivity contribution in [3.63, 3.8) is 0 Å². The molecule has 114 valence electrons. The van der Waals surface area contributed by atoms with E-state index in [2.05, 4.69) is 5.32 Å². The molecule has 0 aliphatic carbocycles. The predicted octanol–water partition coefficient (Wildman–Crippen LogP) is 2.83. The minimum absolute atomic E-state index is 0.167. The zero-order chi connectivity index (χ0) is 15.2. The molecule has 0 aliphatic heterocycles. The molecule has 0 aromatic heterocycles. The first-order valence-corrected chi connectivity index (χ1v) is 6.74. The zero-order valence-corrected chi connectivity index (χ0v) is 12.2. The van der Waals surface area contributed by atoms with Crippen molar-refractivity contribution < 1.29 is 18.6 Å². The molecule has 1 unspecified atom stereocenters.